The van der Waals surface area contributed by atoms with Gasteiger partial charge in [0.1, 0.15) is 6.10 Å². The molecule has 0 aromatic rings. The van der Waals surface area contributed by atoms with Gasteiger partial charge in [0, 0.05) is 26.7 Å². The van der Waals surface area contributed by atoms with E-state index in [1.807, 2.05) is 4.90 Å². The first kappa shape index (κ1) is 15.7. The monoisotopic (exact) mass is 250 g/mol. The summed E-state index contributed by atoms with van der Waals surface area (Å²) in [6.45, 7) is 6.29. The van der Waals surface area contributed by atoms with E-state index in [4.69, 9.17) is 10.5 Å². The first-order chi connectivity index (χ1) is 7.08. The van der Waals surface area contributed by atoms with Gasteiger partial charge < -0.3 is 15.4 Å². The fourth-order valence-corrected chi connectivity index (χ4v) is 2.34. The Morgan fingerprint density at radius 1 is 1.44 bits per heavy atom. The Labute approximate surface area is 104 Å². The van der Waals surface area contributed by atoms with Gasteiger partial charge in [-0.3, -0.25) is 4.79 Å². The predicted octanol–water partition coefficient (Wildman–Crippen LogP) is 0.886. The van der Waals surface area contributed by atoms with Gasteiger partial charge in [0.05, 0.1) is 0 Å². The second kappa shape index (κ2) is 7.09. The van der Waals surface area contributed by atoms with Gasteiger partial charge in [0.2, 0.25) is 0 Å². The summed E-state index contributed by atoms with van der Waals surface area (Å²) in [5.74, 6) is 1.19. The third kappa shape index (κ3) is 3.92. The van der Waals surface area contributed by atoms with Crippen LogP contribution in [0.25, 0.3) is 0 Å². The van der Waals surface area contributed by atoms with Crippen molar-refractivity contribution in [3.63, 3.8) is 0 Å². The van der Waals surface area contributed by atoms with Gasteiger partial charge in [0.15, 0.2) is 0 Å². The van der Waals surface area contributed by atoms with Crippen LogP contribution >= 0.6 is 12.4 Å². The van der Waals surface area contributed by atoms with Crippen LogP contribution in [0.4, 0.5) is 0 Å². The molecule has 96 valence electrons. The van der Waals surface area contributed by atoms with Crippen molar-refractivity contribution in [1.82, 2.24) is 4.90 Å². The molecule has 0 bridgehead atoms. The Morgan fingerprint density at radius 2 is 1.94 bits per heavy atom. The zero-order chi connectivity index (χ0) is 11.4. The van der Waals surface area contributed by atoms with Crippen molar-refractivity contribution < 1.29 is 9.53 Å². The molecule has 3 unspecified atom stereocenters. The van der Waals surface area contributed by atoms with E-state index in [0.717, 1.165) is 13.1 Å². The molecule has 0 radical (unpaired) electrons. The van der Waals surface area contributed by atoms with Crippen LogP contribution in [0, 0.1) is 11.8 Å². The minimum absolute atomic E-state index is 0. The number of carbonyl (C=O) groups is 1. The molecule has 1 aliphatic rings. The molecule has 16 heavy (non-hydrogen) atoms. The third-order valence-corrected chi connectivity index (χ3v) is 2.95. The number of piperidine rings is 1. The van der Waals surface area contributed by atoms with E-state index < -0.39 is 6.10 Å². The molecule has 2 N–H and O–H groups in total. The van der Waals surface area contributed by atoms with E-state index in [1.54, 1.807) is 0 Å². The standard InChI is InChI=1S/C11H22N2O2.ClH/c1-8-4-9(2)7-13(6-8)11(14)10(5-12)15-3;/h8-10H,4-7,12H2,1-3H3;1H. The quantitative estimate of drug-likeness (QED) is 0.809. The number of likely N-dealkylation sites (tertiary alicyclic amines) is 1. The Morgan fingerprint density at radius 3 is 2.31 bits per heavy atom. The Kier molecular flexibility index (Phi) is 6.95. The van der Waals surface area contributed by atoms with Gasteiger partial charge in [-0.2, -0.15) is 0 Å². The summed E-state index contributed by atoms with van der Waals surface area (Å²) in [4.78, 5) is 13.9. The number of methoxy groups -OCH3 is 1. The number of carbonyl (C=O) groups excluding carboxylic acids is 1. The van der Waals surface area contributed by atoms with E-state index in [2.05, 4.69) is 13.8 Å². The zero-order valence-corrected chi connectivity index (χ0v) is 11.1. The number of amides is 1. The summed E-state index contributed by atoms with van der Waals surface area (Å²) < 4.78 is 5.07. The fourth-order valence-electron chi connectivity index (χ4n) is 2.34. The molecule has 0 aromatic carbocycles. The van der Waals surface area contributed by atoms with Crippen LogP contribution in [0.15, 0.2) is 0 Å². The summed E-state index contributed by atoms with van der Waals surface area (Å²) in [6.07, 6.45) is 0.729. The largest absolute Gasteiger partial charge is 0.370 e. The molecular formula is C11H23ClN2O2. The molecule has 0 spiro atoms. The lowest BCUT2D eigenvalue weighted by Gasteiger charge is -2.36. The van der Waals surface area contributed by atoms with E-state index in [-0.39, 0.29) is 24.9 Å². The van der Waals surface area contributed by atoms with Crippen LogP contribution < -0.4 is 5.73 Å². The molecule has 4 nitrogen and oxygen atoms in total. The van der Waals surface area contributed by atoms with E-state index in [9.17, 15) is 4.79 Å². The van der Waals surface area contributed by atoms with Crippen LogP contribution in [-0.4, -0.2) is 43.7 Å². The van der Waals surface area contributed by atoms with Gasteiger partial charge in [-0.15, -0.1) is 12.4 Å². The summed E-state index contributed by atoms with van der Waals surface area (Å²) in [6, 6.07) is 0. The van der Waals surface area contributed by atoms with Gasteiger partial charge in [-0.1, -0.05) is 13.8 Å². The summed E-state index contributed by atoms with van der Waals surface area (Å²) in [5, 5.41) is 0. The highest BCUT2D eigenvalue weighted by Crippen LogP contribution is 2.21. The summed E-state index contributed by atoms with van der Waals surface area (Å²) >= 11 is 0. The number of nitrogens with two attached hydrogens (primary N) is 1. The molecule has 5 heteroatoms. The highest BCUT2D eigenvalue weighted by molar-refractivity contribution is 5.85. The highest BCUT2D eigenvalue weighted by Gasteiger charge is 2.29. The molecule has 1 heterocycles. The van der Waals surface area contributed by atoms with Crippen molar-refractivity contribution in [3.8, 4) is 0 Å². The topological polar surface area (TPSA) is 55.6 Å². The molecule has 1 aliphatic heterocycles. The minimum atomic E-state index is -0.470. The molecule has 0 aliphatic carbocycles. The van der Waals surface area contributed by atoms with Crippen molar-refractivity contribution in [3.05, 3.63) is 0 Å². The van der Waals surface area contributed by atoms with Crippen LogP contribution in [0.2, 0.25) is 0 Å². The lowest BCUT2D eigenvalue weighted by molar-refractivity contribution is -0.144. The molecule has 0 aromatic heterocycles. The lowest BCUT2D eigenvalue weighted by atomic mass is 9.91. The Bertz CT molecular complexity index is 212. The average molecular weight is 251 g/mol. The second-order valence-corrected chi connectivity index (χ2v) is 4.65. The Hall–Kier alpha value is -0.320. The van der Waals surface area contributed by atoms with Crippen LogP contribution in [0.1, 0.15) is 20.3 Å². The van der Waals surface area contributed by atoms with Crippen LogP contribution in [-0.2, 0) is 9.53 Å². The van der Waals surface area contributed by atoms with Gasteiger partial charge in [-0.05, 0) is 18.3 Å². The van der Waals surface area contributed by atoms with Crippen molar-refractivity contribution in [2.75, 3.05) is 26.7 Å². The van der Waals surface area contributed by atoms with Crippen molar-refractivity contribution >= 4 is 18.3 Å². The minimum Gasteiger partial charge on any atom is -0.370 e. The molecule has 1 rings (SSSR count). The SMILES string of the molecule is COC(CN)C(=O)N1CC(C)CC(C)C1.Cl. The smallest absolute Gasteiger partial charge is 0.253 e. The van der Waals surface area contributed by atoms with Crippen LogP contribution in [0.3, 0.4) is 0 Å². The highest BCUT2D eigenvalue weighted by atomic mass is 35.5. The van der Waals surface area contributed by atoms with Crippen molar-refractivity contribution in [2.24, 2.45) is 17.6 Å². The van der Waals surface area contributed by atoms with Crippen LogP contribution in [0.5, 0.6) is 0 Å². The normalized spacial score (nSPS) is 27.1. The molecule has 1 fully saturated rings. The van der Waals surface area contributed by atoms with E-state index in [1.165, 1.54) is 13.5 Å². The molecule has 1 saturated heterocycles. The molecule has 1 amide bonds. The number of ether oxygens (including phenoxy) is 1. The molecular weight excluding hydrogens is 228 g/mol. The van der Waals surface area contributed by atoms with Gasteiger partial charge in [0.25, 0.3) is 5.91 Å². The average Bonchev–Trinajstić information content (AvgIpc) is 2.18. The number of rotatable bonds is 3. The fraction of sp³-hybridized carbons (Fsp3) is 0.909. The maximum absolute atomic E-state index is 12.0. The lowest BCUT2D eigenvalue weighted by Crippen LogP contribution is -2.49. The summed E-state index contributed by atoms with van der Waals surface area (Å²) in [7, 11) is 1.53. The van der Waals surface area contributed by atoms with Gasteiger partial charge >= 0.3 is 0 Å². The summed E-state index contributed by atoms with van der Waals surface area (Å²) in [5.41, 5.74) is 5.49. The maximum atomic E-state index is 12.0. The van der Waals surface area contributed by atoms with Gasteiger partial charge in [-0.25, -0.2) is 0 Å². The second-order valence-electron chi connectivity index (χ2n) is 4.65. The predicted molar refractivity (Wildman–Crippen MR) is 66.6 cm³/mol. The zero-order valence-electron chi connectivity index (χ0n) is 10.3. The van der Waals surface area contributed by atoms with E-state index in [0.29, 0.717) is 11.8 Å². The van der Waals surface area contributed by atoms with Crippen molar-refractivity contribution in [1.29, 1.82) is 0 Å². The first-order valence-corrected chi connectivity index (χ1v) is 5.60. The first-order valence-electron chi connectivity index (χ1n) is 5.60. The number of hydrogen-bond donors (Lipinski definition) is 1. The maximum Gasteiger partial charge on any atom is 0.253 e. The van der Waals surface area contributed by atoms with E-state index >= 15 is 0 Å². The Balaban J connectivity index is 0.00000225. The number of nitrogens with zero attached hydrogens (tertiary/aromatic N) is 1. The molecule has 0 saturated carbocycles. The number of hydrogen-bond acceptors (Lipinski definition) is 3. The molecule has 3 atom stereocenters. The number of halogens is 1. The van der Waals surface area contributed by atoms with Crippen molar-refractivity contribution in [2.45, 2.75) is 26.4 Å². The third-order valence-electron chi connectivity index (χ3n) is 2.95.